The van der Waals surface area contributed by atoms with Crippen molar-refractivity contribution in [3.8, 4) is 0 Å². The fourth-order valence-corrected chi connectivity index (χ4v) is 3.25. The Labute approximate surface area is 174 Å². The second kappa shape index (κ2) is 8.80. The number of amides is 2. The largest absolute Gasteiger partial charge is 0.373 e. The summed E-state index contributed by atoms with van der Waals surface area (Å²) in [7, 11) is 1.55. The minimum atomic E-state index is -0.772. The third kappa shape index (κ3) is 4.76. The molecule has 0 bridgehead atoms. The van der Waals surface area contributed by atoms with Crippen LogP contribution in [0.5, 0.6) is 0 Å². The highest BCUT2D eigenvalue weighted by atomic mass is 35.5. The Morgan fingerprint density at radius 2 is 1.93 bits per heavy atom. The number of anilines is 2. The third-order valence-corrected chi connectivity index (χ3v) is 4.98. The van der Waals surface area contributed by atoms with Crippen LogP contribution in [0.25, 0.3) is 0 Å². The Bertz CT molecular complexity index is 1080. The van der Waals surface area contributed by atoms with Crippen molar-refractivity contribution in [1.82, 2.24) is 10.3 Å². The molecule has 0 aliphatic carbocycles. The number of carbonyl (C=O) groups excluding carboxylic acids is 2. The number of pyridine rings is 1. The highest BCUT2D eigenvalue weighted by molar-refractivity contribution is 7.12. The number of rotatable bonds is 5. The molecule has 0 radical (unpaired) electrons. The summed E-state index contributed by atoms with van der Waals surface area (Å²) in [5.41, 5.74) is 0.361. The van der Waals surface area contributed by atoms with Gasteiger partial charge in [0.15, 0.2) is 0 Å². The molecule has 0 saturated carbocycles. The number of hydrogen-bond donors (Lipinski definition) is 4. The summed E-state index contributed by atoms with van der Waals surface area (Å²) in [4.78, 5) is 29.2. The van der Waals surface area contributed by atoms with Gasteiger partial charge in [0.25, 0.3) is 11.8 Å². The van der Waals surface area contributed by atoms with Crippen LogP contribution in [0.15, 0.2) is 48.0 Å². The summed E-state index contributed by atoms with van der Waals surface area (Å²) in [5.74, 6) is -1.61. The molecule has 0 atom stereocenters. The Hall–Kier alpha value is -3.30. The van der Waals surface area contributed by atoms with Crippen LogP contribution in [0, 0.1) is 11.2 Å². The molecule has 0 saturated heterocycles. The zero-order chi connectivity index (χ0) is 21.0. The quantitative estimate of drug-likeness (QED) is 0.362. The van der Waals surface area contributed by atoms with Crippen molar-refractivity contribution in [3.05, 3.63) is 74.8 Å². The van der Waals surface area contributed by atoms with E-state index < -0.39 is 17.6 Å². The van der Waals surface area contributed by atoms with Crippen molar-refractivity contribution in [2.24, 2.45) is 0 Å². The van der Waals surface area contributed by atoms with Crippen LogP contribution < -0.4 is 16.0 Å². The molecule has 2 amide bonds. The molecule has 3 rings (SSSR count). The first-order chi connectivity index (χ1) is 13.9. The number of carbonyl (C=O) groups is 2. The number of amidine groups is 1. The van der Waals surface area contributed by atoms with Crippen molar-refractivity contribution >= 4 is 52.1 Å². The van der Waals surface area contributed by atoms with E-state index in [1.165, 1.54) is 18.3 Å². The molecule has 0 aliphatic heterocycles. The molecule has 0 aliphatic rings. The van der Waals surface area contributed by atoms with Gasteiger partial charge in [0.1, 0.15) is 22.3 Å². The van der Waals surface area contributed by atoms with Gasteiger partial charge >= 0.3 is 0 Å². The molecule has 7 nitrogen and oxygen atoms in total. The van der Waals surface area contributed by atoms with E-state index in [-0.39, 0.29) is 22.0 Å². The van der Waals surface area contributed by atoms with Gasteiger partial charge in [-0.15, -0.1) is 11.3 Å². The van der Waals surface area contributed by atoms with E-state index in [2.05, 4.69) is 20.9 Å². The molecule has 4 N–H and O–H groups in total. The van der Waals surface area contributed by atoms with Crippen molar-refractivity contribution in [2.45, 2.75) is 0 Å². The van der Waals surface area contributed by atoms with Crippen LogP contribution >= 0.6 is 22.9 Å². The first-order valence-electron chi connectivity index (χ1n) is 8.27. The van der Waals surface area contributed by atoms with Crippen LogP contribution in [0.3, 0.4) is 0 Å². The van der Waals surface area contributed by atoms with Crippen molar-refractivity contribution in [1.29, 1.82) is 5.41 Å². The van der Waals surface area contributed by atoms with Gasteiger partial charge in [-0.25, -0.2) is 9.37 Å². The van der Waals surface area contributed by atoms with Crippen molar-refractivity contribution < 1.29 is 14.0 Å². The van der Waals surface area contributed by atoms with E-state index in [4.69, 9.17) is 17.0 Å². The summed E-state index contributed by atoms with van der Waals surface area (Å²) < 4.78 is 14.3. The predicted molar refractivity (Wildman–Crippen MR) is 112 cm³/mol. The topological polar surface area (TPSA) is 107 Å². The number of halogens is 2. The van der Waals surface area contributed by atoms with Gasteiger partial charge in [-0.05, 0) is 35.7 Å². The Morgan fingerprint density at radius 1 is 1.14 bits per heavy atom. The molecule has 29 heavy (non-hydrogen) atoms. The van der Waals surface area contributed by atoms with Gasteiger partial charge in [0.2, 0.25) is 0 Å². The first-order valence-corrected chi connectivity index (χ1v) is 9.52. The normalized spacial score (nSPS) is 10.3. The molecule has 10 heteroatoms. The zero-order valence-corrected chi connectivity index (χ0v) is 16.6. The van der Waals surface area contributed by atoms with E-state index in [9.17, 15) is 14.0 Å². The number of aromatic nitrogens is 1. The Morgan fingerprint density at radius 3 is 2.59 bits per heavy atom. The second-order valence-corrected chi connectivity index (χ2v) is 7.11. The monoisotopic (exact) mass is 431 g/mol. The second-order valence-electron chi connectivity index (χ2n) is 5.75. The van der Waals surface area contributed by atoms with Crippen molar-refractivity contribution in [3.63, 3.8) is 0 Å². The van der Waals surface area contributed by atoms with E-state index in [0.29, 0.717) is 16.4 Å². The summed E-state index contributed by atoms with van der Waals surface area (Å²) >= 11 is 6.89. The molecule has 0 fully saturated rings. The van der Waals surface area contributed by atoms with Gasteiger partial charge in [-0.3, -0.25) is 15.0 Å². The molecule has 1 aromatic carbocycles. The van der Waals surface area contributed by atoms with E-state index in [1.807, 2.05) is 0 Å². The third-order valence-electron chi connectivity index (χ3n) is 3.84. The number of benzene rings is 1. The molecule has 148 valence electrons. The molecule has 0 unspecified atom stereocenters. The summed E-state index contributed by atoms with van der Waals surface area (Å²) in [6, 6.07) is 8.53. The van der Waals surface area contributed by atoms with E-state index in [1.54, 1.807) is 30.6 Å². The fourth-order valence-electron chi connectivity index (χ4n) is 2.40. The average molecular weight is 432 g/mol. The summed E-state index contributed by atoms with van der Waals surface area (Å²) in [5, 5.41) is 17.5. The minimum Gasteiger partial charge on any atom is -0.373 e. The van der Waals surface area contributed by atoms with Crippen LogP contribution in [0.2, 0.25) is 5.02 Å². The molecule has 3 aromatic rings. The highest BCUT2D eigenvalue weighted by Crippen LogP contribution is 2.25. The summed E-state index contributed by atoms with van der Waals surface area (Å²) in [6.07, 6.45) is 1.40. The highest BCUT2D eigenvalue weighted by Gasteiger charge is 2.19. The lowest BCUT2D eigenvalue weighted by atomic mass is 10.1. The zero-order valence-electron chi connectivity index (χ0n) is 15.0. The van der Waals surface area contributed by atoms with Gasteiger partial charge in [0.05, 0.1) is 16.3 Å². The molecular formula is C19H15ClFN5O2S. The number of nitrogens with one attached hydrogen (secondary N) is 4. The van der Waals surface area contributed by atoms with Crippen LogP contribution in [0.1, 0.15) is 25.6 Å². The maximum atomic E-state index is 14.3. The predicted octanol–water partition coefficient (Wildman–Crippen LogP) is 3.98. The molecule has 0 spiro atoms. The lowest BCUT2D eigenvalue weighted by molar-refractivity contribution is 0.102. The number of nitrogens with zero attached hydrogens (tertiary/aromatic N) is 1. The molecule has 2 aromatic heterocycles. The Balaban J connectivity index is 1.75. The van der Waals surface area contributed by atoms with E-state index >= 15 is 0 Å². The molecular weight excluding hydrogens is 417 g/mol. The standard InChI is InChI=1S/C19H15ClFN5O2S/c1-23-17(22)10-2-4-12(13(21)8-10)18(27)25-14-6-7-29-16(14)19(28)26-15-5-3-11(20)9-24-15/h2-9H,1H3,(H2,22,23)(H,25,27)(H,24,26,28). The van der Waals surface area contributed by atoms with E-state index in [0.717, 1.165) is 17.4 Å². The smallest absolute Gasteiger partial charge is 0.269 e. The first kappa shape index (κ1) is 20.4. The van der Waals surface area contributed by atoms with Gasteiger partial charge in [0, 0.05) is 18.8 Å². The van der Waals surface area contributed by atoms with Crippen LogP contribution in [0.4, 0.5) is 15.9 Å². The van der Waals surface area contributed by atoms with Gasteiger partial charge in [-0.2, -0.15) is 0 Å². The van der Waals surface area contributed by atoms with Crippen LogP contribution in [-0.4, -0.2) is 29.7 Å². The lowest BCUT2D eigenvalue weighted by Gasteiger charge is -2.09. The average Bonchev–Trinajstić information content (AvgIpc) is 3.17. The van der Waals surface area contributed by atoms with Crippen LogP contribution in [-0.2, 0) is 0 Å². The fraction of sp³-hybridized carbons (Fsp3) is 0.0526. The maximum Gasteiger partial charge on any atom is 0.269 e. The van der Waals surface area contributed by atoms with Gasteiger partial charge in [-0.1, -0.05) is 17.7 Å². The SMILES string of the molecule is CNC(=N)c1ccc(C(=O)Nc2ccsc2C(=O)Nc2ccc(Cl)cn2)c(F)c1. The number of hydrogen-bond acceptors (Lipinski definition) is 5. The minimum absolute atomic E-state index is 0.0310. The Kier molecular flexibility index (Phi) is 6.20. The molecule has 2 heterocycles. The van der Waals surface area contributed by atoms with Gasteiger partial charge < -0.3 is 16.0 Å². The summed E-state index contributed by atoms with van der Waals surface area (Å²) in [6.45, 7) is 0. The maximum absolute atomic E-state index is 14.3. The van der Waals surface area contributed by atoms with Crippen molar-refractivity contribution in [2.75, 3.05) is 17.7 Å². The number of thiophene rings is 1. The lowest BCUT2D eigenvalue weighted by Crippen LogP contribution is -2.20.